The number of hydrogen-bond acceptors (Lipinski definition) is 3. The third-order valence-corrected chi connectivity index (χ3v) is 1.15. The van der Waals surface area contributed by atoms with Gasteiger partial charge in [0, 0.05) is 0 Å². The number of carbonyl (C=O) groups excluding carboxylic acids is 1. The predicted molar refractivity (Wildman–Crippen MR) is 55.5 cm³/mol. The second-order valence-electron chi connectivity index (χ2n) is 3.55. The Kier molecular flexibility index (Phi) is 7.92. The first-order valence-corrected chi connectivity index (χ1v) is 4.85. The zero-order valence-electron chi connectivity index (χ0n) is 9.68. The lowest BCUT2D eigenvalue weighted by Crippen LogP contribution is -2.36. The van der Waals surface area contributed by atoms with E-state index in [2.05, 4.69) is 0 Å². The molecule has 0 radical (unpaired) electrons. The van der Waals surface area contributed by atoms with Gasteiger partial charge in [-0.1, -0.05) is 20.8 Å². The molecule has 0 amide bonds. The van der Waals surface area contributed by atoms with Gasteiger partial charge in [0.2, 0.25) is 0 Å². The van der Waals surface area contributed by atoms with E-state index in [1.54, 1.807) is 0 Å². The molecule has 0 bridgehead atoms. The number of carbonyl (C=O) groups is 1. The lowest BCUT2D eigenvalue weighted by atomic mass is 10.2. The first-order chi connectivity index (χ1) is 5.87. The third kappa shape index (κ3) is 9.34. The summed E-state index contributed by atoms with van der Waals surface area (Å²) in [6.45, 7) is 11.3. The van der Waals surface area contributed by atoms with Gasteiger partial charge in [-0.15, -0.1) is 0 Å². The summed E-state index contributed by atoms with van der Waals surface area (Å²) in [5.74, 6) is -0.319. The van der Waals surface area contributed by atoms with Crippen LogP contribution in [0.2, 0.25) is 0 Å². The van der Waals surface area contributed by atoms with Gasteiger partial charge >= 0.3 is 5.97 Å². The molecule has 0 aromatic rings. The minimum Gasteiger partial charge on any atom is -0.459 e. The zero-order chi connectivity index (χ0) is 11.1. The van der Waals surface area contributed by atoms with E-state index >= 15 is 0 Å². The molecule has 0 aromatic carbocycles. The molecule has 0 rings (SSSR count). The Morgan fingerprint density at radius 1 is 1.38 bits per heavy atom. The standard InChI is InChI=1S/C8H17NO2.C2H6/c1-5-6(9)7(10)11-8(2,3)4;1-2/h6H,5,9H2,1-4H3;1-2H3. The molecule has 0 spiro atoms. The monoisotopic (exact) mass is 189 g/mol. The van der Waals surface area contributed by atoms with Crippen molar-refractivity contribution < 1.29 is 9.53 Å². The van der Waals surface area contributed by atoms with Crippen molar-refractivity contribution in [1.82, 2.24) is 0 Å². The van der Waals surface area contributed by atoms with Crippen LogP contribution < -0.4 is 5.73 Å². The summed E-state index contributed by atoms with van der Waals surface area (Å²) in [7, 11) is 0. The van der Waals surface area contributed by atoms with E-state index in [4.69, 9.17) is 10.5 Å². The fraction of sp³-hybridized carbons (Fsp3) is 0.900. The average molecular weight is 189 g/mol. The summed E-state index contributed by atoms with van der Waals surface area (Å²) < 4.78 is 5.03. The van der Waals surface area contributed by atoms with Crippen LogP contribution in [0, 0.1) is 0 Å². The summed E-state index contributed by atoms with van der Waals surface area (Å²) in [4.78, 5) is 11.0. The zero-order valence-corrected chi connectivity index (χ0v) is 9.68. The Morgan fingerprint density at radius 3 is 2.00 bits per heavy atom. The summed E-state index contributed by atoms with van der Waals surface area (Å²) in [5.41, 5.74) is 5.02. The Balaban J connectivity index is 0. The second-order valence-corrected chi connectivity index (χ2v) is 3.55. The highest BCUT2D eigenvalue weighted by Gasteiger charge is 2.20. The van der Waals surface area contributed by atoms with E-state index in [-0.39, 0.29) is 5.97 Å². The highest BCUT2D eigenvalue weighted by Crippen LogP contribution is 2.08. The van der Waals surface area contributed by atoms with E-state index in [9.17, 15) is 4.79 Å². The highest BCUT2D eigenvalue weighted by atomic mass is 16.6. The van der Waals surface area contributed by atoms with Crippen molar-refractivity contribution in [2.24, 2.45) is 5.73 Å². The lowest BCUT2D eigenvalue weighted by molar-refractivity contribution is -0.156. The Hall–Kier alpha value is -0.570. The van der Waals surface area contributed by atoms with E-state index in [0.717, 1.165) is 0 Å². The van der Waals surface area contributed by atoms with Crippen molar-refractivity contribution in [2.75, 3.05) is 0 Å². The number of ether oxygens (including phenoxy) is 1. The number of rotatable bonds is 2. The van der Waals surface area contributed by atoms with Gasteiger partial charge in [-0.05, 0) is 27.2 Å². The molecule has 80 valence electrons. The van der Waals surface area contributed by atoms with Gasteiger partial charge < -0.3 is 10.5 Å². The molecular formula is C10H23NO2. The Labute approximate surface area is 81.6 Å². The number of nitrogens with two attached hydrogens (primary N) is 1. The van der Waals surface area contributed by atoms with Gasteiger partial charge in [-0.3, -0.25) is 4.79 Å². The van der Waals surface area contributed by atoms with Crippen molar-refractivity contribution in [2.45, 2.75) is 59.6 Å². The molecule has 1 unspecified atom stereocenters. The topological polar surface area (TPSA) is 52.3 Å². The fourth-order valence-electron chi connectivity index (χ4n) is 0.544. The normalized spacial score (nSPS) is 12.5. The molecule has 0 aromatic heterocycles. The van der Waals surface area contributed by atoms with Crippen LogP contribution in [0.1, 0.15) is 48.0 Å². The summed E-state index contributed by atoms with van der Waals surface area (Å²) in [6, 6.07) is -0.478. The van der Waals surface area contributed by atoms with Crippen molar-refractivity contribution in [3.05, 3.63) is 0 Å². The quantitative estimate of drug-likeness (QED) is 0.677. The first kappa shape index (κ1) is 14.9. The molecule has 1 atom stereocenters. The second kappa shape index (κ2) is 6.89. The molecule has 13 heavy (non-hydrogen) atoms. The van der Waals surface area contributed by atoms with E-state index in [0.29, 0.717) is 6.42 Å². The molecule has 0 saturated heterocycles. The summed E-state index contributed by atoms with van der Waals surface area (Å²) in [6.07, 6.45) is 0.620. The first-order valence-electron chi connectivity index (χ1n) is 4.85. The smallest absolute Gasteiger partial charge is 0.323 e. The van der Waals surface area contributed by atoms with Crippen LogP contribution in [0.15, 0.2) is 0 Å². The van der Waals surface area contributed by atoms with Gasteiger partial charge in [-0.2, -0.15) is 0 Å². The number of esters is 1. The molecule has 0 saturated carbocycles. The Bertz CT molecular complexity index is 138. The molecular weight excluding hydrogens is 166 g/mol. The highest BCUT2D eigenvalue weighted by molar-refractivity contribution is 5.75. The maximum absolute atomic E-state index is 11.0. The van der Waals surface area contributed by atoms with Gasteiger partial charge in [0.1, 0.15) is 11.6 Å². The van der Waals surface area contributed by atoms with Crippen LogP contribution in [0.4, 0.5) is 0 Å². The van der Waals surface area contributed by atoms with E-state index < -0.39 is 11.6 Å². The van der Waals surface area contributed by atoms with Gasteiger partial charge in [0.25, 0.3) is 0 Å². The van der Waals surface area contributed by atoms with Crippen LogP contribution in [0.5, 0.6) is 0 Å². The molecule has 0 aliphatic heterocycles. The van der Waals surface area contributed by atoms with Crippen molar-refractivity contribution in [1.29, 1.82) is 0 Å². The fourth-order valence-corrected chi connectivity index (χ4v) is 0.544. The van der Waals surface area contributed by atoms with E-state index in [1.807, 2.05) is 41.5 Å². The van der Waals surface area contributed by atoms with E-state index in [1.165, 1.54) is 0 Å². The summed E-state index contributed by atoms with van der Waals surface area (Å²) >= 11 is 0. The van der Waals surface area contributed by atoms with Crippen LogP contribution in [0.25, 0.3) is 0 Å². The van der Waals surface area contributed by atoms with Crippen molar-refractivity contribution >= 4 is 5.97 Å². The van der Waals surface area contributed by atoms with Crippen LogP contribution in [-0.2, 0) is 9.53 Å². The predicted octanol–water partition coefficient (Wildman–Crippen LogP) is 2.09. The SMILES string of the molecule is CC.CCC(N)C(=O)OC(C)(C)C. The minimum absolute atomic E-state index is 0.319. The lowest BCUT2D eigenvalue weighted by Gasteiger charge is -2.21. The molecule has 0 aliphatic carbocycles. The third-order valence-electron chi connectivity index (χ3n) is 1.15. The summed E-state index contributed by atoms with van der Waals surface area (Å²) in [5, 5.41) is 0. The molecule has 3 heteroatoms. The molecule has 0 fully saturated rings. The number of hydrogen-bond donors (Lipinski definition) is 1. The van der Waals surface area contributed by atoms with Gasteiger partial charge in [0.15, 0.2) is 0 Å². The van der Waals surface area contributed by atoms with Crippen LogP contribution >= 0.6 is 0 Å². The molecule has 0 heterocycles. The maximum atomic E-state index is 11.0. The minimum atomic E-state index is -0.478. The van der Waals surface area contributed by atoms with Crippen molar-refractivity contribution in [3.8, 4) is 0 Å². The Morgan fingerprint density at radius 2 is 1.77 bits per heavy atom. The maximum Gasteiger partial charge on any atom is 0.323 e. The molecule has 0 aliphatic rings. The molecule has 3 nitrogen and oxygen atoms in total. The van der Waals surface area contributed by atoms with Crippen LogP contribution in [-0.4, -0.2) is 17.6 Å². The largest absolute Gasteiger partial charge is 0.459 e. The molecule has 2 N–H and O–H groups in total. The van der Waals surface area contributed by atoms with Gasteiger partial charge in [-0.25, -0.2) is 0 Å². The average Bonchev–Trinajstić information content (AvgIpc) is 2.03. The van der Waals surface area contributed by atoms with Gasteiger partial charge in [0.05, 0.1) is 0 Å². The van der Waals surface area contributed by atoms with Crippen molar-refractivity contribution in [3.63, 3.8) is 0 Å². The van der Waals surface area contributed by atoms with Crippen LogP contribution in [0.3, 0.4) is 0 Å².